The van der Waals surface area contributed by atoms with Gasteiger partial charge in [0.2, 0.25) is 5.95 Å². The molecule has 2 aromatic heterocycles. The van der Waals surface area contributed by atoms with Crippen LogP contribution in [0, 0.1) is 6.92 Å². The average molecular weight is 378 g/mol. The number of fused-ring (bicyclic) bond motifs is 3. The summed E-state index contributed by atoms with van der Waals surface area (Å²) in [6, 6.07) is 0. The molecule has 0 radical (unpaired) electrons. The van der Waals surface area contributed by atoms with Gasteiger partial charge in [-0.15, -0.1) is 0 Å². The van der Waals surface area contributed by atoms with Gasteiger partial charge in [-0.1, -0.05) is 0 Å². The first kappa shape index (κ1) is 17.5. The molecule has 1 fully saturated rings. The Labute approximate surface area is 164 Å². The Bertz CT molecular complexity index is 954. The summed E-state index contributed by atoms with van der Waals surface area (Å²) in [6.45, 7) is 3.40. The summed E-state index contributed by atoms with van der Waals surface area (Å²) in [7, 11) is 0. The van der Waals surface area contributed by atoms with Gasteiger partial charge in [0.25, 0.3) is 5.91 Å². The third-order valence-electron chi connectivity index (χ3n) is 6.63. The normalized spacial score (nSPS) is 23.5. The fourth-order valence-corrected chi connectivity index (χ4v) is 5.27. The fourth-order valence-electron chi connectivity index (χ4n) is 5.27. The molecule has 0 bridgehead atoms. The highest BCUT2D eigenvalue weighted by atomic mass is 16.2. The molecule has 28 heavy (non-hydrogen) atoms. The molecule has 3 aliphatic rings. The molecular formula is C21H26N6O. The number of nitrogens with two attached hydrogens (primary N) is 1. The van der Waals surface area contributed by atoms with Crippen molar-refractivity contribution in [1.82, 2.24) is 24.8 Å². The minimum Gasteiger partial charge on any atom is -0.368 e. The summed E-state index contributed by atoms with van der Waals surface area (Å²) in [6.07, 6.45) is 9.98. The maximum absolute atomic E-state index is 13.5. The SMILES string of the molecule is Cc1ncc2c(n1)C1(CCCN(C(=O)c3nc(N)nc4c3CCCC4)C1)CC2. The van der Waals surface area contributed by atoms with E-state index < -0.39 is 0 Å². The van der Waals surface area contributed by atoms with Crippen LogP contribution in [0.25, 0.3) is 0 Å². The van der Waals surface area contributed by atoms with Crippen LogP contribution in [-0.2, 0) is 24.7 Å². The number of anilines is 1. The topological polar surface area (TPSA) is 97.9 Å². The van der Waals surface area contributed by atoms with Gasteiger partial charge in [-0.2, -0.15) is 0 Å². The number of carbonyl (C=O) groups is 1. The zero-order valence-corrected chi connectivity index (χ0v) is 16.4. The number of amides is 1. The van der Waals surface area contributed by atoms with Gasteiger partial charge in [0, 0.05) is 36.0 Å². The number of aryl methyl sites for hydroxylation is 3. The molecule has 1 unspecified atom stereocenters. The van der Waals surface area contributed by atoms with Crippen LogP contribution in [0.2, 0.25) is 0 Å². The van der Waals surface area contributed by atoms with Crippen molar-refractivity contribution in [2.75, 3.05) is 18.8 Å². The monoisotopic (exact) mass is 378 g/mol. The van der Waals surface area contributed by atoms with Gasteiger partial charge in [0.05, 0.1) is 5.69 Å². The number of nitrogen functional groups attached to an aromatic ring is 1. The largest absolute Gasteiger partial charge is 0.368 e. The number of rotatable bonds is 1. The molecule has 0 saturated carbocycles. The quantitative estimate of drug-likeness (QED) is 0.816. The second-order valence-corrected chi connectivity index (χ2v) is 8.46. The molecule has 1 aliphatic heterocycles. The van der Waals surface area contributed by atoms with Gasteiger partial charge >= 0.3 is 0 Å². The van der Waals surface area contributed by atoms with Crippen LogP contribution in [0.5, 0.6) is 0 Å². The van der Waals surface area contributed by atoms with Gasteiger partial charge in [-0.25, -0.2) is 19.9 Å². The Morgan fingerprint density at radius 1 is 1.11 bits per heavy atom. The standard InChI is InChI=1S/C21H26N6O/c1-13-23-11-14-7-9-21(18(14)24-13)8-4-10-27(12-21)19(28)17-15-5-2-3-6-16(15)25-20(22)26-17/h11H,2-10,12H2,1H3,(H2,22,25,26). The van der Waals surface area contributed by atoms with Crippen LogP contribution < -0.4 is 5.73 Å². The summed E-state index contributed by atoms with van der Waals surface area (Å²) < 4.78 is 0. The molecule has 1 amide bonds. The van der Waals surface area contributed by atoms with E-state index in [2.05, 4.69) is 15.0 Å². The molecule has 1 atom stereocenters. The van der Waals surface area contributed by atoms with Gasteiger partial charge in [-0.3, -0.25) is 4.79 Å². The van der Waals surface area contributed by atoms with Crippen LogP contribution in [-0.4, -0.2) is 43.8 Å². The van der Waals surface area contributed by atoms with Crippen LogP contribution in [0.4, 0.5) is 5.95 Å². The van der Waals surface area contributed by atoms with Crippen molar-refractivity contribution in [3.63, 3.8) is 0 Å². The van der Waals surface area contributed by atoms with E-state index in [0.29, 0.717) is 12.2 Å². The minimum atomic E-state index is -0.0461. The predicted octanol–water partition coefficient (Wildman–Crippen LogP) is 2.16. The van der Waals surface area contributed by atoms with Gasteiger partial charge < -0.3 is 10.6 Å². The number of piperidine rings is 1. The van der Waals surface area contributed by atoms with E-state index >= 15 is 0 Å². The molecule has 3 heterocycles. The molecule has 0 aromatic carbocycles. The van der Waals surface area contributed by atoms with Crippen molar-refractivity contribution in [3.05, 3.63) is 40.2 Å². The minimum absolute atomic E-state index is 0.00514. The molecular weight excluding hydrogens is 352 g/mol. The number of likely N-dealkylation sites (tertiary alicyclic amines) is 1. The molecule has 5 rings (SSSR count). The van der Waals surface area contributed by atoms with Gasteiger partial charge in [0.1, 0.15) is 11.5 Å². The molecule has 2 aliphatic carbocycles. The Balaban J connectivity index is 1.48. The lowest BCUT2D eigenvalue weighted by molar-refractivity contribution is 0.0625. The van der Waals surface area contributed by atoms with Crippen molar-refractivity contribution in [2.24, 2.45) is 0 Å². The number of carbonyl (C=O) groups excluding carboxylic acids is 1. The molecule has 146 valence electrons. The zero-order chi connectivity index (χ0) is 19.3. The number of nitrogens with zero attached hydrogens (tertiary/aromatic N) is 5. The average Bonchev–Trinajstić information content (AvgIpc) is 3.04. The van der Waals surface area contributed by atoms with E-state index in [4.69, 9.17) is 10.7 Å². The summed E-state index contributed by atoms with van der Waals surface area (Å²) in [5, 5.41) is 0. The lowest BCUT2D eigenvalue weighted by Crippen LogP contribution is -2.48. The Hall–Kier alpha value is -2.57. The molecule has 1 saturated heterocycles. The predicted molar refractivity (Wildman–Crippen MR) is 105 cm³/mol. The number of hydrogen-bond acceptors (Lipinski definition) is 6. The van der Waals surface area contributed by atoms with Crippen LogP contribution in [0.1, 0.15) is 70.9 Å². The Morgan fingerprint density at radius 2 is 1.96 bits per heavy atom. The highest BCUT2D eigenvalue weighted by molar-refractivity contribution is 5.94. The lowest BCUT2D eigenvalue weighted by atomic mass is 9.77. The van der Waals surface area contributed by atoms with E-state index in [1.54, 1.807) is 0 Å². The second-order valence-electron chi connectivity index (χ2n) is 8.46. The highest BCUT2D eigenvalue weighted by Crippen LogP contribution is 2.44. The van der Waals surface area contributed by atoms with Crippen molar-refractivity contribution in [2.45, 2.75) is 63.7 Å². The van der Waals surface area contributed by atoms with E-state index in [1.807, 2.05) is 18.0 Å². The third-order valence-corrected chi connectivity index (χ3v) is 6.63. The highest BCUT2D eigenvalue weighted by Gasteiger charge is 2.45. The zero-order valence-electron chi connectivity index (χ0n) is 16.4. The third kappa shape index (κ3) is 2.75. The van der Waals surface area contributed by atoms with Crippen LogP contribution in [0.15, 0.2) is 6.20 Å². The second kappa shape index (κ2) is 6.50. The first-order chi connectivity index (χ1) is 13.6. The van der Waals surface area contributed by atoms with Gasteiger partial charge in [0.15, 0.2) is 0 Å². The molecule has 7 nitrogen and oxygen atoms in total. The van der Waals surface area contributed by atoms with Crippen molar-refractivity contribution >= 4 is 11.9 Å². The summed E-state index contributed by atoms with van der Waals surface area (Å²) in [5.74, 6) is 1.02. The summed E-state index contributed by atoms with van der Waals surface area (Å²) in [5.41, 5.74) is 10.8. The van der Waals surface area contributed by atoms with E-state index in [0.717, 1.165) is 80.7 Å². The smallest absolute Gasteiger partial charge is 0.272 e. The molecule has 2 aromatic rings. The first-order valence-corrected chi connectivity index (χ1v) is 10.3. The van der Waals surface area contributed by atoms with Crippen molar-refractivity contribution in [1.29, 1.82) is 0 Å². The Morgan fingerprint density at radius 3 is 2.86 bits per heavy atom. The van der Waals surface area contributed by atoms with E-state index in [9.17, 15) is 4.79 Å². The van der Waals surface area contributed by atoms with Crippen LogP contribution >= 0.6 is 0 Å². The summed E-state index contributed by atoms with van der Waals surface area (Å²) >= 11 is 0. The first-order valence-electron chi connectivity index (χ1n) is 10.3. The molecule has 2 N–H and O–H groups in total. The van der Waals surface area contributed by atoms with Crippen molar-refractivity contribution in [3.8, 4) is 0 Å². The van der Waals surface area contributed by atoms with E-state index in [1.165, 1.54) is 5.56 Å². The maximum atomic E-state index is 13.5. The lowest BCUT2D eigenvalue weighted by Gasteiger charge is -2.40. The van der Waals surface area contributed by atoms with Gasteiger partial charge in [-0.05, 0) is 63.9 Å². The Kier molecular flexibility index (Phi) is 4.07. The number of hydrogen-bond donors (Lipinski definition) is 1. The fraction of sp³-hybridized carbons (Fsp3) is 0.571. The summed E-state index contributed by atoms with van der Waals surface area (Å²) in [4.78, 5) is 33.4. The maximum Gasteiger partial charge on any atom is 0.272 e. The molecule has 7 heteroatoms. The molecule has 1 spiro atoms. The van der Waals surface area contributed by atoms with E-state index in [-0.39, 0.29) is 17.3 Å². The van der Waals surface area contributed by atoms with Crippen molar-refractivity contribution < 1.29 is 4.79 Å². The van der Waals surface area contributed by atoms with Crippen LogP contribution in [0.3, 0.4) is 0 Å². The number of aromatic nitrogens is 4.